The molecule has 4 amide bonds. The minimum atomic E-state index is -5.00. The van der Waals surface area contributed by atoms with E-state index in [1.807, 2.05) is 0 Å². The Hall–Kier alpha value is -5.54. The van der Waals surface area contributed by atoms with Crippen molar-refractivity contribution in [2.24, 2.45) is 0 Å². The van der Waals surface area contributed by atoms with Crippen LogP contribution < -0.4 is 20.3 Å². The van der Waals surface area contributed by atoms with Gasteiger partial charge in [0.15, 0.2) is 11.6 Å². The van der Waals surface area contributed by atoms with E-state index in [0.29, 0.717) is 12.1 Å². The zero-order valence-corrected chi connectivity index (χ0v) is 25.9. The molecule has 1 aliphatic rings. The van der Waals surface area contributed by atoms with Gasteiger partial charge in [0.1, 0.15) is 23.3 Å². The van der Waals surface area contributed by atoms with Gasteiger partial charge in [-0.2, -0.15) is 18.3 Å². The molecule has 17 heteroatoms. The van der Waals surface area contributed by atoms with Gasteiger partial charge in [0.05, 0.1) is 38.3 Å². The predicted molar refractivity (Wildman–Crippen MR) is 167 cm³/mol. The standard InChI is InChI=1S/C32H18Cl2F5N5O5/c33-12-24(45)40-13-15-9-22(41-29(46)14-7-16(32(37,38)39)10-18(36)8-14)27(49-23-11-17(35)5-6-21(23)34)25-26(15)42-43-28(25)44-30(47)19-3-1-2-4-20(19)31(44)48/h1-11H,12-13H2,(H,40,45)(H,41,46)(H,42,43). The van der Waals surface area contributed by atoms with Crippen molar-refractivity contribution in [1.82, 2.24) is 15.5 Å². The second kappa shape index (κ2) is 12.8. The van der Waals surface area contributed by atoms with Crippen molar-refractivity contribution in [3.8, 4) is 11.5 Å². The van der Waals surface area contributed by atoms with Crippen molar-refractivity contribution in [2.45, 2.75) is 12.7 Å². The molecular formula is C32H18Cl2F5N5O5. The molecule has 1 aliphatic heterocycles. The van der Waals surface area contributed by atoms with E-state index in [9.17, 15) is 41.1 Å². The van der Waals surface area contributed by atoms with Crippen LogP contribution in [0.25, 0.3) is 10.9 Å². The van der Waals surface area contributed by atoms with Crippen LogP contribution in [0.1, 0.15) is 42.2 Å². The molecule has 0 bridgehead atoms. The Morgan fingerprint density at radius 3 is 2.29 bits per heavy atom. The Bertz CT molecular complexity index is 2170. The molecule has 0 aliphatic carbocycles. The average Bonchev–Trinajstić information content (AvgIpc) is 3.60. The predicted octanol–water partition coefficient (Wildman–Crippen LogP) is 7.21. The van der Waals surface area contributed by atoms with Crippen LogP contribution in [0.2, 0.25) is 5.02 Å². The second-order valence-corrected chi connectivity index (χ2v) is 11.1. The first-order valence-corrected chi connectivity index (χ1v) is 14.8. The summed E-state index contributed by atoms with van der Waals surface area (Å²) >= 11 is 11.9. The van der Waals surface area contributed by atoms with Crippen molar-refractivity contribution < 1.29 is 45.9 Å². The highest BCUT2D eigenvalue weighted by Gasteiger charge is 2.40. The molecule has 4 aromatic carbocycles. The number of imide groups is 1. The van der Waals surface area contributed by atoms with Gasteiger partial charge >= 0.3 is 6.18 Å². The number of amides is 4. The summed E-state index contributed by atoms with van der Waals surface area (Å²) in [5.74, 6) is -7.10. The van der Waals surface area contributed by atoms with Crippen LogP contribution in [-0.4, -0.2) is 39.7 Å². The van der Waals surface area contributed by atoms with E-state index in [-0.39, 0.29) is 62.5 Å². The summed E-state index contributed by atoms with van der Waals surface area (Å²) in [6.07, 6.45) is -5.00. The third kappa shape index (κ3) is 6.37. The number of benzene rings is 4. The molecule has 0 unspecified atom stereocenters. The Labute approximate surface area is 281 Å². The minimum Gasteiger partial charge on any atom is -0.453 e. The van der Waals surface area contributed by atoms with Crippen molar-refractivity contribution in [3.63, 3.8) is 0 Å². The van der Waals surface area contributed by atoms with Crippen LogP contribution in [0.4, 0.5) is 33.5 Å². The van der Waals surface area contributed by atoms with E-state index in [1.165, 1.54) is 18.2 Å². The fourth-order valence-electron chi connectivity index (χ4n) is 5.09. The summed E-state index contributed by atoms with van der Waals surface area (Å²) in [7, 11) is 0. The third-order valence-corrected chi connectivity index (χ3v) is 7.86. The molecule has 0 radical (unpaired) electrons. The average molecular weight is 718 g/mol. The number of anilines is 2. The summed E-state index contributed by atoms with van der Waals surface area (Å²) in [6.45, 7) is -0.298. The summed E-state index contributed by atoms with van der Waals surface area (Å²) < 4.78 is 75.0. The topological polar surface area (TPSA) is 133 Å². The van der Waals surface area contributed by atoms with Crippen LogP contribution >= 0.6 is 23.2 Å². The lowest BCUT2D eigenvalue weighted by Gasteiger charge is -2.19. The molecule has 1 aromatic heterocycles. The monoisotopic (exact) mass is 717 g/mol. The number of fused-ring (bicyclic) bond motifs is 2. The maximum absolute atomic E-state index is 14.4. The van der Waals surface area contributed by atoms with Crippen molar-refractivity contribution >= 4 is 69.2 Å². The highest BCUT2D eigenvalue weighted by Crippen LogP contribution is 2.46. The Kier molecular flexibility index (Phi) is 8.73. The molecule has 6 rings (SSSR count). The van der Waals surface area contributed by atoms with Gasteiger partial charge in [0, 0.05) is 18.2 Å². The SMILES string of the molecule is O=C(CCl)NCc1cc(NC(=O)c2cc(F)cc(C(F)(F)F)c2)c(Oc2cc(F)ccc2Cl)c2c(N3C(=O)c4ccccc4C3=O)n[nH]c12. The number of aromatic nitrogens is 2. The number of nitrogens with one attached hydrogen (secondary N) is 3. The number of ether oxygens (including phenoxy) is 1. The van der Waals surface area contributed by atoms with Crippen LogP contribution in [0.15, 0.2) is 66.7 Å². The molecule has 49 heavy (non-hydrogen) atoms. The number of halogens is 7. The highest BCUT2D eigenvalue weighted by atomic mass is 35.5. The van der Waals surface area contributed by atoms with Gasteiger partial charge < -0.3 is 15.4 Å². The highest BCUT2D eigenvalue weighted by molar-refractivity contribution is 6.36. The lowest BCUT2D eigenvalue weighted by Crippen LogP contribution is -2.30. The fraction of sp³-hybridized carbons (Fsp3) is 0.0938. The fourth-order valence-corrected chi connectivity index (χ4v) is 5.34. The molecular weight excluding hydrogens is 700 g/mol. The number of nitrogens with zero attached hydrogens (tertiary/aromatic N) is 2. The molecule has 5 aromatic rings. The summed E-state index contributed by atoms with van der Waals surface area (Å²) in [6, 6.07) is 11.4. The van der Waals surface area contributed by atoms with Gasteiger partial charge in [-0.3, -0.25) is 24.3 Å². The molecule has 10 nitrogen and oxygen atoms in total. The normalized spacial score (nSPS) is 12.8. The van der Waals surface area contributed by atoms with Crippen LogP contribution in [-0.2, 0) is 17.5 Å². The number of hydrogen-bond acceptors (Lipinski definition) is 6. The van der Waals surface area contributed by atoms with E-state index < -0.39 is 64.2 Å². The Balaban J connectivity index is 1.58. The first kappa shape index (κ1) is 33.4. The minimum absolute atomic E-state index is 0.0462. The quantitative estimate of drug-likeness (QED) is 0.0883. The zero-order chi connectivity index (χ0) is 35.2. The van der Waals surface area contributed by atoms with E-state index in [0.717, 1.165) is 23.1 Å². The number of hydrogen-bond donors (Lipinski definition) is 3. The van der Waals surface area contributed by atoms with Gasteiger partial charge in [0.2, 0.25) is 5.91 Å². The van der Waals surface area contributed by atoms with Gasteiger partial charge in [0.25, 0.3) is 17.7 Å². The summed E-state index contributed by atoms with van der Waals surface area (Å²) in [5.41, 5.74) is -2.24. The maximum atomic E-state index is 14.4. The zero-order valence-electron chi connectivity index (χ0n) is 24.3. The molecule has 0 fully saturated rings. The van der Waals surface area contributed by atoms with Crippen LogP contribution in [0.3, 0.4) is 0 Å². The Morgan fingerprint density at radius 2 is 1.63 bits per heavy atom. The number of carbonyl (C=O) groups excluding carboxylic acids is 4. The first-order valence-electron chi connectivity index (χ1n) is 13.9. The number of alkyl halides is 4. The largest absolute Gasteiger partial charge is 0.453 e. The molecule has 2 heterocycles. The van der Waals surface area contributed by atoms with E-state index >= 15 is 0 Å². The lowest BCUT2D eigenvalue weighted by atomic mass is 10.1. The smallest absolute Gasteiger partial charge is 0.416 e. The second-order valence-electron chi connectivity index (χ2n) is 10.5. The molecule has 0 spiro atoms. The number of rotatable bonds is 8. The molecule has 250 valence electrons. The summed E-state index contributed by atoms with van der Waals surface area (Å²) in [4.78, 5) is 53.3. The first-order chi connectivity index (χ1) is 23.3. The summed E-state index contributed by atoms with van der Waals surface area (Å²) in [5, 5.41) is 11.5. The van der Waals surface area contributed by atoms with Gasteiger partial charge in [-0.05, 0) is 54.1 Å². The van der Waals surface area contributed by atoms with Gasteiger partial charge in [-0.1, -0.05) is 23.7 Å². The number of aromatic amines is 1. The molecule has 0 atom stereocenters. The molecule has 0 saturated carbocycles. The van der Waals surface area contributed by atoms with Crippen molar-refractivity contribution in [1.29, 1.82) is 0 Å². The molecule has 3 N–H and O–H groups in total. The maximum Gasteiger partial charge on any atom is 0.416 e. The van der Waals surface area contributed by atoms with E-state index in [4.69, 9.17) is 27.9 Å². The van der Waals surface area contributed by atoms with E-state index in [1.54, 1.807) is 12.1 Å². The van der Waals surface area contributed by atoms with Crippen molar-refractivity contribution in [3.05, 3.63) is 111 Å². The van der Waals surface area contributed by atoms with Crippen molar-refractivity contribution in [2.75, 3.05) is 16.1 Å². The number of H-pyrrole nitrogens is 1. The lowest BCUT2D eigenvalue weighted by molar-refractivity contribution is -0.137. The van der Waals surface area contributed by atoms with Crippen LogP contribution in [0, 0.1) is 11.6 Å². The van der Waals surface area contributed by atoms with E-state index in [2.05, 4.69) is 20.8 Å². The molecule has 0 saturated heterocycles. The number of carbonyl (C=O) groups is 4. The Morgan fingerprint density at radius 1 is 0.939 bits per heavy atom. The van der Waals surface area contributed by atoms with Gasteiger partial charge in [-0.25, -0.2) is 13.7 Å². The van der Waals surface area contributed by atoms with Gasteiger partial charge in [-0.15, -0.1) is 11.6 Å². The van der Waals surface area contributed by atoms with Crippen LogP contribution in [0.5, 0.6) is 11.5 Å². The third-order valence-electron chi connectivity index (χ3n) is 7.30.